The lowest BCUT2D eigenvalue weighted by Crippen LogP contribution is -2.57. The summed E-state index contributed by atoms with van der Waals surface area (Å²) in [5.41, 5.74) is 0.510. The summed E-state index contributed by atoms with van der Waals surface area (Å²) in [6, 6.07) is 8.75. The van der Waals surface area contributed by atoms with E-state index in [1.165, 1.54) is 4.90 Å². The molecule has 2 atom stereocenters. The molecule has 0 aliphatic carbocycles. The quantitative estimate of drug-likeness (QED) is 0.459. The second-order valence-corrected chi connectivity index (χ2v) is 5.64. The number of ether oxygens (including phenoxy) is 1. The van der Waals surface area contributed by atoms with E-state index in [0.717, 1.165) is 6.42 Å². The molecule has 0 aromatic heterocycles. The van der Waals surface area contributed by atoms with Crippen LogP contribution in [-0.2, 0) is 14.3 Å². The van der Waals surface area contributed by atoms with E-state index in [9.17, 15) is 14.4 Å². The molecule has 1 aliphatic heterocycles. The molecule has 2 rings (SSSR count). The molecule has 0 unspecified atom stereocenters. The largest absolute Gasteiger partial charge is 0.465 e. The number of esters is 1. The molecule has 118 valence electrons. The third-order valence-electron chi connectivity index (χ3n) is 3.88. The SMILES string of the molecule is CCCC(=O)OC[C@@H](C)[C@H]1CN(C(=O)c2ccccc2)C1=O. The van der Waals surface area contributed by atoms with Gasteiger partial charge in [0.15, 0.2) is 0 Å². The number of benzene rings is 1. The van der Waals surface area contributed by atoms with E-state index in [4.69, 9.17) is 4.74 Å². The fraction of sp³-hybridized carbons (Fsp3) is 0.471. The molecule has 0 spiro atoms. The normalized spacial score (nSPS) is 18.5. The number of rotatable bonds is 6. The van der Waals surface area contributed by atoms with Gasteiger partial charge in [-0.05, 0) is 18.6 Å². The molecular weight excluding hydrogens is 282 g/mol. The van der Waals surface area contributed by atoms with Crippen LogP contribution in [0.25, 0.3) is 0 Å². The van der Waals surface area contributed by atoms with Gasteiger partial charge in [-0.3, -0.25) is 19.3 Å². The van der Waals surface area contributed by atoms with Crippen LogP contribution in [0.1, 0.15) is 37.0 Å². The highest BCUT2D eigenvalue weighted by atomic mass is 16.5. The van der Waals surface area contributed by atoms with Gasteiger partial charge in [0.05, 0.1) is 12.5 Å². The van der Waals surface area contributed by atoms with Crippen molar-refractivity contribution in [2.24, 2.45) is 11.8 Å². The molecule has 1 aromatic carbocycles. The number of amides is 2. The van der Waals surface area contributed by atoms with Gasteiger partial charge in [0, 0.05) is 24.4 Å². The van der Waals surface area contributed by atoms with E-state index in [1.54, 1.807) is 24.3 Å². The van der Waals surface area contributed by atoms with Gasteiger partial charge in [0.1, 0.15) is 0 Å². The minimum atomic E-state index is -0.267. The van der Waals surface area contributed by atoms with Gasteiger partial charge >= 0.3 is 5.97 Å². The lowest BCUT2D eigenvalue weighted by molar-refractivity contribution is -0.153. The third kappa shape index (κ3) is 3.53. The smallest absolute Gasteiger partial charge is 0.305 e. The van der Waals surface area contributed by atoms with Crippen LogP contribution >= 0.6 is 0 Å². The van der Waals surface area contributed by atoms with Crippen LogP contribution in [0.4, 0.5) is 0 Å². The van der Waals surface area contributed by atoms with Crippen LogP contribution in [0.15, 0.2) is 30.3 Å². The molecular formula is C17H21NO4. The van der Waals surface area contributed by atoms with Crippen LogP contribution in [0.2, 0.25) is 0 Å². The summed E-state index contributed by atoms with van der Waals surface area (Å²) in [6.45, 7) is 4.39. The summed E-state index contributed by atoms with van der Waals surface area (Å²) in [4.78, 5) is 36.9. The second-order valence-electron chi connectivity index (χ2n) is 5.64. The maximum Gasteiger partial charge on any atom is 0.305 e. The highest BCUT2D eigenvalue weighted by Crippen LogP contribution is 2.27. The van der Waals surface area contributed by atoms with E-state index in [1.807, 2.05) is 19.9 Å². The number of carbonyl (C=O) groups is 3. The summed E-state index contributed by atoms with van der Waals surface area (Å²) >= 11 is 0. The second kappa shape index (κ2) is 7.20. The Morgan fingerprint density at radius 1 is 1.32 bits per heavy atom. The van der Waals surface area contributed by atoms with Crippen molar-refractivity contribution in [3.63, 3.8) is 0 Å². The molecule has 5 nitrogen and oxygen atoms in total. The summed E-state index contributed by atoms with van der Waals surface area (Å²) in [6.07, 6.45) is 1.14. The third-order valence-corrected chi connectivity index (χ3v) is 3.88. The Morgan fingerprint density at radius 3 is 2.59 bits per heavy atom. The summed E-state index contributed by atoms with van der Waals surface area (Å²) < 4.78 is 5.14. The van der Waals surface area contributed by atoms with Gasteiger partial charge in [0.2, 0.25) is 5.91 Å². The van der Waals surface area contributed by atoms with E-state index < -0.39 is 0 Å². The maximum atomic E-state index is 12.2. The average Bonchev–Trinajstić information content (AvgIpc) is 2.52. The zero-order valence-electron chi connectivity index (χ0n) is 13.0. The summed E-state index contributed by atoms with van der Waals surface area (Å²) in [5, 5.41) is 0. The van der Waals surface area contributed by atoms with Crippen LogP contribution < -0.4 is 0 Å². The first-order valence-electron chi connectivity index (χ1n) is 7.61. The molecule has 5 heteroatoms. The van der Waals surface area contributed by atoms with E-state index in [-0.39, 0.29) is 36.2 Å². The van der Waals surface area contributed by atoms with Crippen molar-refractivity contribution in [3.05, 3.63) is 35.9 Å². The first kappa shape index (κ1) is 16.2. The minimum Gasteiger partial charge on any atom is -0.465 e. The Balaban J connectivity index is 1.84. The van der Waals surface area contributed by atoms with Crippen molar-refractivity contribution in [3.8, 4) is 0 Å². The highest BCUT2D eigenvalue weighted by molar-refractivity contribution is 6.08. The number of β-lactam (4-membered cyclic amide) rings is 1. The van der Waals surface area contributed by atoms with Gasteiger partial charge in [-0.25, -0.2) is 0 Å². The molecule has 22 heavy (non-hydrogen) atoms. The van der Waals surface area contributed by atoms with Crippen molar-refractivity contribution in [2.75, 3.05) is 13.2 Å². The molecule has 1 fully saturated rings. The van der Waals surface area contributed by atoms with Gasteiger partial charge in [-0.1, -0.05) is 32.0 Å². The summed E-state index contributed by atoms with van der Waals surface area (Å²) in [5.74, 6) is -1.02. The number of carbonyl (C=O) groups excluding carboxylic acids is 3. The number of hydrogen-bond acceptors (Lipinski definition) is 4. The van der Waals surface area contributed by atoms with E-state index >= 15 is 0 Å². The van der Waals surface area contributed by atoms with Gasteiger partial charge in [-0.15, -0.1) is 0 Å². The van der Waals surface area contributed by atoms with Crippen molar-refractivity contribution >= 4 is 17.8 Å². The lowest BCUT2D eigenvalue weighted by Gasteiger charge is -2.39. The zero-order chi connectivity index (χ0) is 16.1. The van der Waals surface area contributed by atoms with Crippen molar-refractivity contribution < 1.29 is 19.1 Å². The highest BCUT2D eigenvalue weighted by Gasteiger charge is 2.44. The van der Waals surface area contributed by atoms with Crippen molar-refractivity contribution in [1.82, 2.24) is 4.90 Å². The molecule has 0 saturated carbocycles. The number of likely N-dealkylation sites (tertiary alicyclic amines) is 1. The number of hydrogen-bond donors (Lipinski definition) is 0. The maximum absolute atomic E-state index is 12.2. The Labute approximate surface area is 130 Å². The topological polar surface area (TPSA) is 63.7 Å². The monoisotopic (exact) mass is 303 g/mol. The van der Waals surface area contributed by atoms with Crippen molar-refractivity contribution in [2.45, 2.75) is 26.7 Å². The number of nitrogens with zero attached hydrogens (tertiary/aromatic N) is 1. The van der Waals surface area contributed by atoms with Crippen molar-refractivity contribution in [1.29, 1.82) is 0 Å². The molecule has 0 bridgehead atoms. The first-order valence-corrected chi connectivity index (χ1v) is 7.61. The van der Waals surface area contributed by atoms with E-state index in [0.29, 0.717) is 18.5 Å². The molecule has 0 N–H and O–H groups in total. The fourth-order valence-corrected chi connectivity index (χ4v) is 2.41. The average molecular weight is 303 g/mol. The van der Waals surface area contributed by atoms with Crippen LogP contribution in [0, 0.1) is 11.8 Å². The van der Waals surface area contributed by atoms with Gasteiger partial charge in [0.25, 0.3) is 5.91 Å². The standard InChI is InChI=1S/C17H21NO4/c1-3-7-15(19)22-11-12(2)14-10-18(17(14)21)16(20)13-8-5-4-6-9-13/h4-6,8-9,12,14H,3,7,10-11H2,1-2H3/t12-,14-/m1/s1. The van der Waals surface area contributed by atoms with E-state index in [2.05, 4.69) is 0 Å². The Kier molecular flexibility index (Phi) is 5.31. The molecule has 0 radical (unpaired) electrons. The molecule has 1 aliphatic rings. The minimum absolute atomic E-state index is 0.0758. The van der Waals surface area contributed by atoms with Crippen LogP contribution in [0.5, 0.6) is 0 Å². The predicted molar refractivity (Wildman–Crippen MR) is 81.0 cm³/mol. The predicted octanol–water partition coefficient (Wildman–Crippen LogP) is 2.26. The Morgan fingerprint density at radius 2 is 2.00 bits per heavy atom. The molecule has 1 aromatic rings. The lowest BCUT2D eigenvalue weighted by atomic mass is 9.86. The Hall–Kier alpha value is -2.17. The molecule has 2 amide bonds. The van der Waals surface area contributed by atoms with Gasteiger partial charge < -0.3 is 4.74 Å². The summed E-state index contributed by atoms with van der Waals surface area (Å²) in [7, 11) is 0. The van der Waals surface area contributed by atoms with Gasteiger partial charge in [-0.2, -0.15) is 0 Å². The zero-order valence-corrected chi connectivity index (χ0v) is 13.0. The molecule has 1 saturated heterocycles. The molecule has 1 heterocycles. The van der Waals surface area contributed by atoms with Crippen LogP contribution in [0.3, 0.4) is 0 Å². The number of imide groups is 1. The van der Waals surface area contributed by atoms with Crippen LogP contribution in [-0.4, -0.2) is 35.8 Å². The Bertz CT molecular complexity index is 555. The first-order chi connectivity index (χ1) is 10.5. The fourth-order valence-electron chi connectivity index (χ4n) is 2.41.